The van der Waals surface area contributed by atoms with Crippen LogP contribution in [0.5, 0.6) is 0 Å². The van der Waals surface area contributed by atoms with Crippen LogP contribution in [0.15, 0.2) is 0 Å². The van der Waals surface area contributed by atoms with Crippen molar-refractivity contribution in [1.82, 2.24) is 26.6 Å². The van der Waals surface area contributed by atoms with E-state index in [9.17, 15) is 24.0 Å². The molecule has 0 saturated heterocycles. The minimum Gasteiger partial charge on any atom is -0.394 e. The van der Waals surface area contributed by atoms with Crippen LogP contribution in [0.25, 0.3) is 0 Å². The fourth-order valence-electron chi connectivity index (χ4n) is 1.74. The first-order chi connectivity index (χ1) is 12.8. The van der Waals surface area contributed by atoms with Gasteiger partial charge in [0.25, 0.3) is 0 Å². The number of amides is 5. The molecule has 1 unspecified atom stereocenters. The Kier molecular flexibility index (Phi) is 13.0. The Hall–Kier alpha value is -2.73. The summed E-state index contributed by atoms with van der Waals surface area (Å²) >= 11 is 0. The molecule has 0 aliphatic rings. The summed E-state index contributed by atoms with van der Waals surface area (Å²) < 4.78 is 4.86. The Morgan fingerprint density at radius 3 is 2.19 bits per heavy atom. The van der Waals surface area contributed by atoms with Gasteiger partial charge in [-0.05, 0) is 5.92 Å². The van der Waals surface area contributed by atoms with Gasteiger partial charge < -0.3 is 36.4 Å². The minimum atomic E-state index is -0.902. The fraction of sp³-hybridized carbons (Fsp3) is 0.667. The van der Waals surface area contributed by atoms with Crippen LogP contribution in [0.2, 0.25) is 0 Å². The highest BCUT2D eigenvalue weighted by Crippen LogP contribution is 2.01. The van der Waals surface area contributed by atoms with Gasteiger partial charge in [0.1, 0.15) is 12.8 Å². The fourth-order valence-corrected chi connectivity index (χ4v) is 1.74. The Labute approximate surface area is 156 Å². The molecule has 0 rings (SSSR count). The lowest BCUT2D eigenvalue weighted by molar-refractivity contribution is -0.132. The molecule has 0 fully saturated rings. The lowest BCUT2D eigenvalue weighted by atomic mass is 10.0. The highest BCUT2D eigenvalue weighted by atomic mass is 16.5. The number of nitrogens with one attached hydrogen (secondary N) is 5. The van der Waals surface area contributed by atoms with E-state index in [0.29, 0.717) is 6.41 Å². The molecule has 0 aromatic heterocycles. The molecule has 0 bridgehead atoms. The lowest BCUT2D eigenvalue weighted by Gasteiger charge is -2.21. The molecule has 154 valence electrons. The van der Waals surface area contributed by atoms with E-state index in [-0.39, 0.29) is 45.5 Å². The van der Waals surface area contributed by atoms with Crippen molar-refractivity contribution < 1.29 is 33.8 Å². The SMILES string of the molecule is CC(C)C(NC(=O)CNC(=O)CNC=O)C(=O)NCC(=O)NCOCCO. The number of hydrogen-bond donors (Lipinski definition) is 6. The highest BCUT2D eigenvalue weighted by molar-refractivity contribution is 5.92. The third kappa shape index (κ3) is 12.3. The summed E-state index contributed by atoms with van der Waals surface area (Å²) in [6, 6.07) is -0.902. The summed E-state index contributed by atoms with van der Waals surface area (Å²) in [5.74, 6) is -2.46. The summed E-state index contributed by atoms with van der Waals surface area (Å²) in [7, 11) is 0. The number of ether oxygens (including phenoxy) is 1. The normalized spacial score (nSPS) is 11.3. The average Bonchev–Trinajstić information content (AvgIpc) is 2.63. The molecule has 5 amide bonds. The standard InChI is InChI=1S/C15H27N5O7/c1-10(2)14(20-13(25)7-17-11(23)5-16-8-22)15(26)18-6-12(24)19-9-27-4-3-21/h8,10,14,21H,3-7,9H2,1-2H3,(H,16,22)(H,17,23)(H,18,26)(H,19,24)(H,20,25). The quantitative estimate of drug-likeness (QED) is 0.100. The van der Waals surface area contributed by atoms with Crippen molar-refractivity contribution >= 4 is 30.0 Å². The molecule has 0 aliphatic carbocycles. The van der Waals surface area contributed by atoms with Gasteiger partial charge in [-0.1, -0.05) is 13.8 Å². The van der Waals surface area contributed by atoms with E-state index in [1.807, 2.05) is 0 Å². The molecular formula is C15H27N5O7. The van der Waals surface area contributed by atoms with Gasteiger partial charge in [-0.2, -0.15) is 0 Å². The van der Waals surface area contributed by atoms with Crippen LogP contribution < -0.4 is 26.6 Å². The Bertz CT molecular complexity index is 513. The molecule has 0 aromatic carbocycles. The van der Waals surface area contributed by atoms with Gasteiger partial charge in [0.15, 0.2) is 0 Å². The Morgan fingerprint density at radius 1 is 0.963 bits per heavy atom. The zero-order valence-corrected chi connectivity index (χ0v) is 15.4. The van der Waals surface area contributed by atoms with Crippen LogP contribution in [0.3, 0.4) is 0 Å². The van der Waals surface area contributed by atoms with E-state index in [4.69, 9.17) is 9.84 Å². The molecule has 0 heterocycles. The minimum absolute atomic E-state index is 0.0792. The summed E-state index contributed by atoms with van der Waals surface area (Å²) in [6.45, 7) is 2.29. The van der Waals surface area contributed by atoms with Gasteiger partial charge in [0.05, 0.1) is 32.8 Å². The summed E-state index contributed by atoms with van der Waals surface area (Å²) in [6.07, 6.45) is 0.355. The van der Waals surface area contributed by atoms with Gasteiger partial charge >= 0.3 is 0 Å². The second-order valence-corrected chi connectivity index (χ2v) is 5.66. The average molecular weight is 389 g/mol. The van der Waals surface area contributed by atoms with Crippen molar-refractivity contribution in [3.8, 4) is 0 Å². The maximum Gasteiger partial charge on any atom is 0.243 e. The second kappa shape index (κ2) is 14.4. The van der Waals surface area contributed by atoms with Crippen molar-refractivity contribution in [1.29, 1.82) is 0 Å². The second-order valence-electron chi connectivity index (χ2n) is 5.66. The number of rotatable bonds is 14. The van der Waals surface area contributed by atoms with Crippen LogP contribution >= 0.6 is 0 Å². The molecule has 0 aliphatic heterocycles. The molecule has 12 heteroatoms. The molecule has 6 N–H and O–H groups in total. The summed E-state index contributed by atoms with van der Waals surface area (Å²) in [4.78, 5) is 57.0. The van der Waals surface area contributed by atoms with Gasteiger partial charge in [-0.25, -0.2) is 0 Å². The number of aliphatic hydroxyl groups excluding tert-OH is 1. The molecule has 0 radical (unpaired) electrons. The van der Waals surface area contributed by atoms with Crippen LogP contribution in [0, 0.1) is 5.92 Å². The smallest absolute Gasteiger partial charge is 0.243 e. The number of hydrogen-bond acceptors (Lipinski definition) is 7. The maximum atomic E-state index is 12.2. The van der Waals surface area contributed by atoms with Crippen molar-refractivity contribution in [2.45, 2.75) is 19.9 Å². The Morgan fingerprint density at radius 2 is 1.59 bits per heavy atom. The molecule has 1 atom stereocenters. The van der Waals surface area contributed by atoms with E-state index in [1.54, 1.807) is 13.8 Å². The molecule has 27 heavy (non-hydrogen) atoms. The van der Waals surface area contributed by atoms with E-state index in [1.165, 1.54) is 0 Å². The van der Waals surface area contributed by atoms with E-state index in [2.05, 4.69) is 26.6 Å². The number of carbonyl (C=O) groups is 5. The zero-order valence-electron chi connectivity index (χ0n) is 15.4. The zero-order chi connectivity index (χ0) is 20.7. The maximum absolute atomic E-state index is 12.2. The van der Waals surface area contributed by atoms with Crippen LogP contribution in [0.4, 0.5) is 0 Å². The molecular weight excluding hydrogens is 362 g/mol. The molecule has 12 nitrogen and oxygen atoms in total. The first-order valence-electron chi connectivity index (χ1n) is 8.27. The number of carbonyl (C=O) groups excluding carboxylic acids is 5. The van der Waals surface area contributed by atoms with Crippen molar-refractivity contribution in [2.75, 3.05) is 39.6 Å². The van der Waals surface area contributed by atoms with Crippen molar-refractivity contribution in [2.24, 2.45) is 5.92 Å². The summed E-state index contributed by atoms with van der Waals surface area (Å²) in [5, 5.41) is 20.2. The first-order valence-corrected chi connectivity index (χ1v) is 8.27. The van der Waals surface area contributed by atoms with Gasteiger partial charge in [-0.15, -0.1) is 0 Å². The molecule has 0 spiro atoms. The largest absolute Gasteiger partial charge is 0.394 e. The van der Waals surface area contributed by atoms with Gasteiger partial charge in [0.2, 0.25) is 30.0 Å². The molecule has 0 aromatic rings. The molecule has 0 saturated carbocycles. The van der Waals surface area contributed by atoms with Crippen LogP contribution in [-0.4, -0.2) is 80.8 Å². The van der Waals surface area contributed by atoms with Gasteiger partial charge in [0, 0.05) is 0 Å². The Balaban J connectivity index is 4.30. The van der Waals surface area contributed by atoms with Gasteiger partial charge in [-0.3, -0.25) is 24.0 Å². The van der Waals surface area contributed by atoms with Crippen LogP contribution in [-0.2, 0) is 28.7 Å². The van der Waals surface area contributed by atoms with Crippen LogP contribution in [0.1, 0.15) is 13.8 Å². The van der Waals surface area contributed by atoms with E-state index in [0.717, 1.165) is 0 Å². The summed E-state index contributed by atoms with van der Waals surface area (Å²) in [5.41, 5.74) is 0. The highest BCUT2D eigenvalue weighted by Gasteiger charge is 2.24. The van der Waals surface area contributed by atoms with E-state index < -0.39 is 29.7 Å². The number of aliphatic hydroxyl groups is 1. The monoisotopic (exact) mass is 389 g/mol. The third-order valence-electron chi connectivity index (χ3n) is 3.09. The van der Waals surface area contributed by atoms with E-state index >= 15 is 0 Å². The van der Waals surface area contributed by atoms with Crippen molar-refractivity contribution in [3.05, 3.63) is 0 Å². The third-order valence-corrected chi connectivity index (χ3v) is 3.09. The first kappa shape index (κ1) is 24.3. The topological polar surface area (TPSA) is 175 Å². The predicted molar refractivity (Wildman–Crippen MR) is 92.9 cm³/mol. The predicted octanol–water partition coefficient (Wildman–Crippen LogP) is -3.81. The van der Waals surface area contributed by atoms with Crippen molar-refractivity contribution in [3.63, 3.8) is 0 Å². The lowest BCUT2D eigenvalue weighted by Crippen LogP contribution is -2.53.